The van der Waals surface area contributed by atoms with Crippen LogP contribution in [0.1, 0.15) is 12.0 Å². The first-order valence-electron chi connectivity index (χ1n) is 6.44. The molecule has 1 aliphatic rings. The molecule has 1 aromatic carbocycles. The summed E-state index contributed by atoms with van der Waals surface area (Å²) in [6.07, 6.45) is 1.20. The number of benzene rings is 1. The van der Waals surface area contributed by atoms with Crippen LogP contribution in [-0.4, -0.2) is 43.4 Å². The van der Waals surface area contributed by atoms with Gasteiger partial charge in [-0.1, -0.05) is 17.7 Å². The van der Waals surface area contributed by atoms with Crippen LogP contribution in [0.25, 0.3) is 0 Å². The van der Waals surface area contributed by atoms with Crippen molar-refractivity contribution in [2.75, 3.05) is 43.4 Å². The predicted molar refractivity (Wildman–Crippen MR) is 78.3 cm³/mol. The number of hydrogen-bond donors (Lipinski definition) is 1. The van der Waals surface area contributed by atoms with Crippen LogP contribution in [0.2, 0.25) is 0 Å². The summed E-state index contributed by atoms with van der Waals surface area (Å²) in [6, 6.07) is 8.86. The Bertz CT molecular complexity index is 329. The number of aryl methyl sites for hydroxylation is 1. The van der Waals surface area contributed by atoms with Crippen molar-refractivity contribution < 1.29 is 0 Å². The summed E-state index contributed by atoms with van der Waals surface area (Å²) < 4.78 is 0. The molecule has 1 heterocycles. The molecule has 17 heavy (non-hydrogen) atoms. The van der Waals surface area contributed by atoms with E-state index in [1.54, 1.807) is 0 Å². The molecule has 2 nitrogen and oxygen atoms in total. The molecule has 0 aliphatic carbocycles. The van der Waals surface area contributed by atoms with Crippen molar-refractivity contribution in [2.24, 2.45) is 0 Å². The molecular weight excluding hydrogens is 228 g/mol. The second-order valence-electron chi connectivity index (χ2n) is 4.74. The second kappa shape index (κ2) is 6.31. The second-order valence-corrected chi connectivity index (χ2v) is 5.19. The molecule has 0 unspecified atom stereocenters. The SMILES string of the molecule is Cc1ccc(N2CCN(CCCS)CC2)cc1. The van der Waals surface area contributed by atoms with E-state index < -0.39 is 0 Å². The number of piperazine rings is 1. The molecule has 1 aliphatic heterocycles. The number of nitrogens with zero attached hydrogens (tertiary/aromatic N) is 2. The highest BCUT2D eigenvalue weighted by Gasteiger charge is 2.16. The van der Waals surface area contributed by atoms with Crippen molar-refractivity contribution in [2.45, 2.75) is 13.3 Å². The molecule has 0 aromatic heterocycles. The van der Waals surface area contributed by atoms with Crippen LogP contribution in [0.15, 0.2) is 24.3 Å². The lowest BCUT2D eigenvalue weighted by atomic mass is 10.2. The number of hydrogen-bond acceptors (Lipinski definition) is 3. The fraction of sp³-hybridized carbons (Fsp3) is 0.571. The molecule has 0 radical (unpaired) electrons. The zero-order chi connectivity index (χ0) is 12.1. The van der Waals surface area contributed by atoms with Gasteiger partial charge in [-0.15, -0.1) is 0 Å². The van der Waals surface area contributed by atoms with Gasteiger partial charge < -0.3 is 4.90 Å². The van der Waals surface area contributed by atoms with Crippen LogP contribution in [0.3, 0.4) is 0 Å². The van der Waals surface area contributed by atoms with Gasteiger partial charge in [0.2, 0.25) is 0 Å². The minimum Gasteiger partial charge on any atom is -0.369 e. The molecular formula is C14H22N2S. The lowest BCUT2D eigenvalue weighted by Gasteiger charge is -2.36. The molecule has 0 spiro atoms. The van der Waals surface area contributed by atoms with Crippen LogP contribution in [0.5, 0.6) is 0 Å². The minimum atomic E-state index is 0.998. The van der Waals surface area contributed by atoms with Crippen molar-refractivity contribution in [1.29, 1.82) is 0 Å². The average molecular weight is 250 g/mol. The van der Waals surface area contributed by atoms with E-state index in [2.05, 4.69) is 53.6 Å². The van der Waals surface area contributed by atoms with Crippen molar-refractivity contribution in [3.05, 3.63) is 29.8 Å². The molecule has 0 bridgehead atoms. The maximum atomic E-state index is 4.27. The first-order valence-corrected chi connectivity index (χ1v) is 7.07. The minimum absolute atomic E-state index is 0.998. The van der Waals surface area contributed by atoms with Crippen LogP contribution in [-0.2, 0) is 0 Å². The molecule has 94 valence electrons. The van der Waals surface area contributed by atoms with Crippen LogP contribution >= 0.6 is 12.6 Å². The molecule has 1 saturated heterocycles. The van der Waals surface area contributed by atoms with Gasteiger partial charge in [-0.3, -0.25) is 4.90 Å². The Balaban J connectivity index is 1.84. The van der Waals surface area contributed by atoms with E-state index >= 15 is 0 Å². The van der Waals surface area contributed by atoms with Gasteiger partial charge >= 0.3 is 0 Å². The van der Waals surface area contributed by atoms with E-state index in [0.717, 1.165) is 18.8 Å². The van der Waals surface area contributed by atoms with Gasteiger partial charge in [0.05, 0.1) is 0 Å². The molecule has 3 heteroatoms. The van der Waals surface area contributed by atoms with Gasteiger partial charge in [-0.2, -0.15) is 12.6 Å². The van der Waals surface area contributed by atoms with E-state index in [0.29, 0.717) is 0 Å². The maximum Gasteiger partial charge on any atom is 0.0367 e. The molecule has 1 aromatic rings. The lowest BCUT2D eigenvalue weighted by molar-refractivity contribution is 0.259. The zero-order valence-corrected chi connectivity index (χ0v) is 11.5. The van der Waals surface area contributed by atoms with Gasteiger partial charge in [0.15, 0.2) is 0 Å². The Morgan fingerprint density at radius 2 is 1.71 bits per heavy atom. The predicted octanol–water partition coefficient (Wildman–Crippen LogP) is 2.44. The summed E-state index contributed by atoms with van der Waals surface area (Å²) in [7, 11) is 0. The standard InChI is InChI=1S/C14H22N2S/c1-13-3-5-14(6-4-13)16-10-8-15(9-11-16)7-2-12-17/h3-6,17H,2,7-12H2,1H3. The van der Waals surface area contributed by atoms with Crippen molar-refractivity contribution in [3.8, 4) is 0 Å². The number of anilines is 1. The van der Waals surface area contributed by atoms with Crippen LogP contribution < -0.4 is 4.90 Å². The average Bonchev–Trinajstić information content (AvgIpc) is 2.38. The molecule has 0 atom stereocenters. The Labute approximate surface area is 110 Å². The van der Waals surface area contributed by atoms with Gasteiger partial charge in [-0.05, 0) is 37.8 Å². The first kappa shape index (κ1) is 12.8. The Kier molecular flexibility index (Phi) is 4.75. The summed E-state index contributed by atoms with van der Waals surface area (Å²) in [4.78, 5) is 5.03. The van der Waals surface area contributed by atoms with Crippen LogP contribution in [0.4, 0.5) is 5.69 Å². The fourth-order valence-electron chi connectivity index (χ4n) is 2.28. The molecule has 0 N–H and O–H groups in total. The molecule has 1 fully saturated rings. The van der Waals surface area contributed by atoms with E-state index in [-0.39, 0.29) is 0 Å². The topological polar surface area (TPSA) is 6.48 Å². The summed E-state index contributed by atoms with van der Waals surface area (Å²) in [5, 5.41) is 0. The third-order valence-electron chi connectivity index (χ3n) is 3.40. The van der Waals surface area contributed by atoms with Crippen molar-refractivity contribution in [3.63, 3.8) is 0 Å². The number of thiol groups is 1. The largest absolute Gasteiger partial charge is 0.369 e. The monoisotopic (exact) mass is 250 g/mol. The van der Waals surface area contributed by atoms with E-state index in [4.69, 9.17) is 0 Å². The quantitative estimate of drug-likeness (QED) is 0.820. The first-order chi connectivity index (χ1) is 8.29. The highest BCUT2D eigenvalue weighted by atomic mass is 32.1. The summed E-state index contributed by atoms with van der Waals surface area (Å²) in [6.45, 7) is 8.00. The Morgan fingerprint density at radius 1 is 1.06 bits per heavy atom. The zero-order valence-electron chi connectivity index (χ0n) is 10.6. The third kappa shape index (κ3) is 3.65. The lowest BCUT2D eigenvalue weighted by Crippen LogP contribution is -2.46. The molecule has 0 saturated carbocycles. The van der Waals surface area contributed by atoms with Crippen LogP contribution in [0, 0.1) is 6.92 Å². The maximum absolute atomic E-state index is 4.27. The summed E-state index contributed by atoms with van der Waals surface area (Å²) in [5.41, 5.74) is 2.70. The third-order valence-corrected chi connectivity index (χ3v) is 3.72. The van der Waals surface area contributed by atoms with Gasteiger partial charge in [0, 0.05) is 31.9 Å². The highest BCUT2D eigenvalue weighted by Crippen LogP contribution is 2.17. The Morgan fingerprint density at radius 3 is 2.29 bits per heavy atom. The molecule has 0 amide bonds. The van der Waals surface area contributed by atoms with Crippen molar-refractivity contribution in [1.82, 2.24) is 4.90 Å². The normalized spacial score (nSPS) is 17.4. The van der Waals surface area contributed by atoms with E-state index in [1.165, 1.54) is 37.3 Å². The summed E-state index contributed by atoms with van der Waals surface area (Å²) in [5.74, 6) is 0.998. The van der Waals surface area contributed by atoms with Crippen molar-refractivity contribution >= 4 is 18.3 Å². The summed E-state index contributed by atoms with van der Waals surface area (Å²) >= 11 is 4.27. The van der Waals surface area contributed by atoms with Gasteiger partial charge in [0.1, 0.15) is 0 Å². The van der Waals surface area contributed by atoms with E-state index in [1.807, 2.05) is 0 Å². The highest BCUT2D eigenvalue weighted by molar-refractivity contribution is 7.80. The van der Waals surface area contributed by atoms with Gasteiger partial charge in [0.25, 0.3) is 0 Å². The Hall–Kier alpha value is -0.670. The molecule has 2 rings (SSSR count). The van der Waals surface area contributed by atoms with E-state index in [9.17, 15) is 0 Å². The fourth-order valence-corrected chi connectivity index (χ4v) is 2.42. The number of rotatable bonds is 4. The van der Waals surface area contributed by atoms with Gasteiger partial charge in [-0.25, -0.2) is 0 Å². The smallest absolute Gasteiger partial charge is 0.0367 e.